The molecule has 0 radical (unpaired) electrons. The quantitative estimate of drug-likeness (QED) is 0.862. The van der Waals surface area contributed by atoms with Crippen molar-refractivity contribution in [2.24, 2.45) is 0 Å². The van der Waals surface area contributed by atoms with Gasteiger partial charge in [0.2, 0.25) is 0 Å². The molecule has 1 unspecified atom stereocenters. The van der Waals surface area contributed by atoms with E-state index < -0.39 is 0 Å². The summed E-state index contributed by atoms with van der Waals surface area (Å²) in [5.74, 6) is 1.77. The van der Waals surface area contributed by atoms with Crippen molar-refractivity contribution in [3.05, 3.63) is 23.8 Å². The normalized spacial score (nSPS) is 23.0. The van der Waals surface area contributed by atoms with Crippen molar-refractivity contribution in [2.45, 2.75) is 37.9 Å². The van der Waals surface area contributed by atoms with Gasteiger partial charge >= 0.3 is 0 Å². The number of likely N-dealkylation sites (tertiary alicyclic amines) is 1. The third kappa shape index (κ3) is 3.25. The van der Waals surface area contributed by atoms with Crippen LogP contribution >= 0.6 is 0 Å². The monoisotopic (exact) mass is 276 g/mol. The maximum Gasteiger partial charge on any atom is 0.127 e. The molecule has 4 heteroatoms. The summed E-state index contributed by atoms with van der Waals surface area (Å²) in [5.41, 5.74) is 1.24. The Hall–Kier alpha value is -1.26. The van der Waals surface area contributed by atoms with Gasteiger partial charge in [-0.3, -0.25) is 4.90 Å². The highest BCUT2D eigenvalue weighted by molar-refractivity contribution is 5.40. The van der Waals surface area contributed by atoms with E-state index in [4.69, 9.17) is 9.47 Å². The highest BCUT2D eigenvalue weighted by atomic mass is 16.5. The van der Waals surface area contributed by atoms with Crippen LogP contribution in [0, 0.1) is 0 Å². The molecule has 1 N–H and O–H groups in total. The van der Waals surface area contributed by atoms with Gasteiger partial charge < -0.3 is 14.8 Å². The van der Waals surface area contributed by atoms with Crippen molar-refractivity contribution in [2.75, 3.05) is 27.3 Å². The summed E-state index contributed by atoms with van der Waals surface area (Å²) in [6, 6.07) is 7.56. The smallest absolute Gasteiger partial charge is 0.127 e. The molecule has 0 amide bonds. The van der Waals surface area contributed by atoms with E-state index >= 15 is 0 Å². The zero-order valence-electron chi connectivity index (χ0n) is 12.4. The molecule has 0 bridgehead atoms. The highest BCUT2D eigenvalue weighted by Gasteiger charge is 2.29. The summed E-state index contributed by atoms with van der Waals surface area (Å²) in [6.07, 6.45) is 3.99. The fourth-order valence-electron chi connectivity index (χ4n) is 2.92. The molecular formula is C16H24N2O2. The summed E-state index contributed by atoms with van der Waals surface area (Å²) in [5, 5.41) is 3.72. The minimum atomic E-state index is 0.673. The molecule has 4 nitrogen and oxygen atoms in total. The number of ether oxygens (including phenoxy) is 2. The van der Waals surface area contributed by atoms with Crippen LogP contribution in [0.25, 0.3) is 0 Å². The molecule has 1 heterocycles. The summed E-state index contributed by atoms with van der Waals surface area (Å²) in [6.45, 7) is 3.27. The Morgan fingerprint density at radius 3 is 2.70 bits per heavy atom. The SMILES string of the molecule is COc1ccc(CN2CCC(NC3CC3)C2)c(OC)c1. The molecule has 1 saturated carbocycles. The predicted molar refractivity (Wildman–Crippen MR) is 79.4 cm³/mol. The number of methoxy groups -OCH3 is 2. The Kier molecular flexibility index (Phi) is 4.13. The van der Waals surface area contributed by atoms with Crippen LogP contribution in [0.15, 0.2) is 18.2 Å². The summed E-state index contributed by atoms with van der Waals surface area (Å²) in [7, 11) is 3.41. The Balaban J connectivity index is 1.59. The second-order valence-electron chi connectivity index (χ2n) is 5.84. The largest absolute Gasteiger partial charge is 0.497 e. The van der Waals surface area contributed by atoms with Gasteiger partial charge in [0.1, 0.15) is 11.5 Å². The first-order valence-electron chi connectivity index (χ1n) is 7.48. The van der Waals surface area contributed by atoms with E-state index in [1.165, 1.54) is 31.4 Å². The first-order valence-corrected chi connectivity index (χ1v) is 7.48. The average Bonchev–Trinajstić information content (AvgIpc) is 3.18. The van der Waals surface area contributed by atoms with E-state index in [0.717, 1.165) is 30.6 Å². The molecule has 1 atom stereocenters. The lowest BCUT2D eigenvalue weighted by Crippen LogP contribution is -2.33. The molecule has 0 aromatic heterocycles. The first kappa shape index (κ1) is 13.7. The van der Waals surface area contributed by atoms with Crippen molar-refractivity contribution in [1.29, 1.82) is 0 Å². The lowest BCUT2D eigenvalue weighted by Gasteiger charge is -2.18. The third-order valence-electron chi connectivity index (χ3n) is 4.21. The Morgan fingerprint density at radius 2 is 2.00 bits per heavy atom. The molecule has 110 valence electrons. The number of hydrogen-bond donors (Lipinski definition) is 1. The van der Waals surface area contributed by atoms with Crippen LogP contribution in [-0.2, 0) is 6.54 Å². The van der Waals surface area contributed by atoms with E-state index in [-0.39, 0.29) is 0 Å². The molecule has 1 aliphatic carbocycles. The maximum absolute atomic E-state index is 5.48. The van der Waals surface area contributed by atoms with Crippen LogP contribution in [0.5, 0.6) is 11.5 Å². The standard InChI is InChI=1S/C16H24N2O2/c1-19-15-6-3-12(16(9-15)20-2)10-18-8-7-14(11-18)17-13-4-5-13/h3,6,9,13-14,17H,4-5,7-8,10-11H2,1-2H3. The van der Waals surface area contributed by atoms with E-state index in [1.807, 2.05) is 12.1 Å². The van der Waals surface area contributed by atoms with Crippen LogP contribution in [0.2, 0.25) is 0 Å². The van der Waals surface area contributed by atoms with Gasteiger partial charge in [0.15, 0.2) is 0 Å². The molecule has 1 aromatic carbocycles. The number of hydrogen-bond acceptors (Lipinski definition) is 4. The zero-order valence-corrected chi connectivity index (χ0v) is 12.4. The number of rotatable bonds is 6. The van der Waals surface area contributed by atoms with Gasteiger partial charge in [0.25, 0.3) is 0 Å². The van der Waals surface area contributed by atoms with Gasteiger partial charge in [-0.05, 0) is 25.3 Å². The fourth-order valence-corrected chi connectivity index (χ4v) is 2.92. The second-order valence-corrected chi connectivity index (χ2v) is 5.84. The van der Waals surface area contributed by atoms with Gasteiger partial charge in [-0.25, -0.2) is 0 Å². The molecule has 2 fully saturated rings. The third-order valence-corrected chi connectivity index (χ3v) is 4.21. The van der Waals surface area contributed by atoms with E-state index in [2.05, 4.69) is 16.3 Å². The number of nitrogens with zero attached hydrogens (tertiary/aromatic N) is 1. The Labute approximate surface area is 121 Å². The maximum atomic E-state index is 5.48. The van der Waals surface area contributed by atoms with Gasteiger partial charge in [0, 0.05) is 43.3 Å². The molecule has 1 saturated heterocycles. The lowest BCUT2D eigenvalue weighted by atomic mass is 10.2. The number of benzene rings is 1. The van der Waals surface area contributed by atoms with E-state index in [1.54, 1.807) is 14.2 Å². The molecule has 2 aliphatic rings. The van der Waals surface area contributed by atoms with E-state index in [0.29, 0.717) is 6.04 Å². The predicted octanol–water partition coefficient (Wildman–Crippen LogP) is 2.03. The molecule has 1 aromatic rings. The Morgan fingerprint density at radius 1 is 1.15 bits per heavy atom. The summed E-state index contributed by atoms with van der Waals surface area (Å²) in [4.78, 5) is 2.50. The fraction of sp³-hybridized carbons (Fsp3) is 0.625. The van der Waals surface area contributed by atoms with Crippen molar-refractivity contribution in [3.63, 3.8) is 0 Å². The van der Waals surface area contributed by atoms with Gasteiger partial charge in [0.05, 0.1) is 14.2 Å². The minimum Gasteiger partial charge on any atom is -0.497 e. The van der Waals surface area contributed by atoms with Crippen LogP contribution in [-0.4, -0.2) is 44.3 Å². The van der Waals surface area contributed by atoms with Gasteiger partial charge in [-0.15, -0.1) is 0 Å². The van der Waals surface area contributed by atoms with Crippen LogP contribution < -0.4 is 14.8 Å². The molecule has 3 rings (SSSR count). The zero-order chi connectivity index (χ0) is 13.9. The van der Waals surface area contributed by atoms with E-state index in [9.17, 15) is 0 Å². The van der Waals surface area contributed by atoms with Crippen molar-refractivity contribution in [1.82, 2.24) is 10.2 Å². The first-order chi connectivity index (χ1) is 9.78. The van der Waals surface area contributed by atoms with Gasteiger partial charge in [-0.1, -0.05) is 6.07 Å². The topological polar surface area (TPSA) is 33.7 Å². The molecular weight excluding hydrogens is 252 g/mol. The molecule has 1 aliphatic heterocycles. The molecule has 0 spiro atoms. The number of nitrogens with one attached hydrogen (secondary N) is 1. The highest BCUT2D eigenvalue weighted by Crippen LogP contribution is 2.27. The Bertz CT molecular complexity index is 460. The van der Waals surface area contributed by atoms with Crippen LogP contribution in [0.1, 0.15) is 24.8 Å². The van der Waals surface area contributed by atoms with Crippen molar-refractivity contribution < 1.29 is 9.47 Å². The van der Waals surface area contributed by atoms with Crippen molar-refractivity contribution >= 4 is 0 Å². The minimum absolute atomic E-state index is 0.673. The average molecular weight is 276 g/mol. The summed E-state index contributed by atoms with van der Waals surface area (Å²) < 4.78 is 10.7. The van der Waals surface area contributed by atoms with Crippen LogP contribution in [0.4, 0.5) is 0 Å². The van der Waals surface area contributed by atoms with Crippen molar-refractivity contribution in [3.8, 4) is 11.5 Å². The second kappa shape index (κ2) is 6.02. The molecule has 20 heavy (non-hydrogen) atoms. The lowest BCUT2D eigenvalue weighted by molar-refractivity contribution is 0.310. The summed E-state index contributed by atoms with van der Waals surface area (Å²) >= 11 is 0. The van der Waals surface area contributed by atoms with Crippen LogP contribution in [0.3, 0.4) is 0 Å². The van der Waals surface area contributed by atoms with Gasteiger partial charge in [-0.2, -0.15) is 0 Å².